The van der Waals surface area contributed by atoms with Gasteiger partial charge in [-0.05, 0) is 25.7 Å². The summed E-state index contributed by atoms with van der Waals surface area (Å²) in [6.45, 7) is 2.03. The fraction of sp³-hybridized carbons (Fsp3) is 0.600. The molecule has 1 aromatic rings. The maximum atomic E-state index is 5.77. The largest absolute Gasteiger partial charge is 0.474 e. The van der Waals surface area contributed by atoms with Gasteiger partial charge in [0.1, 0.15) is 18.2 Å². The van der Waals surface area contributed by atoms with Gasteiger partial charge in [0.05, 0.1) is 5.56 Å². The lowest BCUT2D eigenvalue weighted by atomic mass is 9.96. The van der Waals surface area contributed by atoms with E-state index >= 15 is 0 Å². The number of hydrogen-bond donors (Lipinski definition) is 2. The quantitative estimate of drug-likeness (QED) is 0.575. The molecule has 82 valence electrons. The molecule has 0 saturated heterocycles. The van der Waals surface area contributed by atoms with Crippen LogP contribution in [0.5, 0.6) is 5.88 Å². The molecule has 1 aliphatic rings. The van der Waals surface area contributed by atoms with Crippen molar-refractivity contribution in [2.45, 2.75) is 38.7 Å². The Kier molecular flexibility index (Phi) is 3.01. The van der Waals surface area contributed by atoms with Gasteiger partial charge in [0.2, 0.25) is 5.88 Å². The van der Waals surface area contributed by atoms with Crippen LogP contribution in [0.15, 0.2) is 6.33 Å². The predicted octanol–water partition coefficient (Wildman–Crippen LogP) is 1.26. The molecule has 0 spiro atoms. The number of hydrogen-bond acceptors (Lipinski definition) is 5. The number of nitrogen functional groups attached to an aromatic ring is 1. The number of nitrogens with two attached hydrogens (primary N) is 1. The Balaban J connectivity index is 2.20. The summed E-state index contributed by atoms with van der Waals surface area (Å²) in [5.41, 5.74) is 3.52. The third-order valence-corrected chi connectivity index (χ3v) is 2.73. The van der Waals surface area contributed by atoms with Crippen LogP contribution in [0.1, 0.15) is 31.7 Å². The highest BCUT2D eigenvalue weighted by atomic mass is 16.5. The maximum Gasteiger partial charge on any atom is 0.222 e. The molecule has 1 fully saturated rings. The molecule has 1 saturated carbocycles. The van der Waals surface area contributed by atoms with Crippen molar-refractivity contribution in [3.63, 3.8) is 0 Å². The average Bonchev–Trinajstić information content (AvgIpc) is 2.22. The van der Waals surface area contributed by atoms with E-state index in [0.717, 1.165) is 24.8 Å². The third-order valence-electron chi connectivity index (χ3n) is 2.73. The summed E-state index contributed by atoms with van der Waals surface area (Å²) in [7, 11) is 0. The zero-order valence-electron chi connectivity index (χ0n) is 8.86. The predicted molar refractivity (Wildman–Crippen MR) is 57.5 cm³/mol. The van der Waals surface area contributed by atoms with Gasteiger partial charge in [-0.2, -0.15) is 0 Å². The molecule has 0 unspecified atom stereocenters. The van der Waals surface area contributed by atoms with Gasteiger partial charge in [0, 0.05) is 0 Å². The second-order valence-corrected chi connectivity index (χ2v) is 3.67. The number of anilines is 1. The molecule has 1 heterocycles. The van der Waals surface area contributed by atoms with E-state index in [4.69, 9.17) is 10.6 Å². The normalized spacial score (nSPS) is 15.9. The van der Waals surface area contributed by atoms with E-state index in [1.165, 1.54) is 12.7 Å². The van der Waals surface area contributed by atoms with Crippen LogP contribution < -0.4 is 16.0 Å². The number of aromatic nitrogens is 2. The third kappa shape index (κ3) is 2.02. The van der Waals surface area contributed by atoms with Crippen molar-refractivity contribution in [2.24, 2.45) is 5.84 Å². The molecule has 0 aromatic carbocycles. The Morgan fingerprint density at radius 2 is 2.33 bits per heavy atom. The van der Waals surface area contributed by atoms with E-state index in [-0.39, 0.29) is 0 Å². The van der Waals surface area contributed by atoms with Crippen molar-refractivity contribution in [1.29, 1.82) is 0 Å². The fourth-order valence-corrected chi connectivity index (χ4v) is 1.59. The average molecular weight is 208 g/mol. The monoisotopic (exact) mass is 208 g/mol. The summed E-state index contributed by atoms with van der Waals surface area (Å²) in [6, 6.07) is 0. The molecule has 2 rings (SSSR count). The Bertz CT molecular complexity index is 338. The first-order valence-corrected chi connectivity index (χ1v) is 5.32. The van der Waals surface area contributed by atoms with Crippen LogP contribution in [0.2, 0.25) is 0 Å². The standard InChI is InChI=1S/C10H16N4O/c1-2-8-9(14-11)12-6-13-10(8)15-7-4-3-5-7/h6-7H,2-5,11H2,1H3,(H,12,13,14). The molecule has 0 radical (unpaired) electrons. The lowest BCUT2D eigenvalue weighted by molar-refractivity contribution is 0.113. The zero-order chi connectivity index (χ0) is 10.7. The topological polar surface area (TPSA) is 73.1 Å². The minimum absolute atomic E-state index is 0.329. The minimum atomic E-state index is 0.329. The molecule has 1 aliphatic carbocycles. The first-order chi connectivity index (χ1) is 7.35. The van der Waals surface area contributed by atoms with E-state index in [2.05, 4.69) is 15.4 Å². The van der Waals surface area contributed by atoms with Crippen molar-refractivity contribution in [3.05, 3.63) is 11.9 Å². The highest BCUT2D eigenvalue weighted by molar-refractivity contribution is 5.47. The number of ether oxygens (including phenoxy) is 1. The highest BCUT2D eigenvalue weighted by Crippen LogP contribution is 2.28. The Morgan fingerprint density at radius 3 is 2.87 bits per heavy atom. The van der Waals surface area contributed by atoms with Crippen LogP contribution in [0.4, 0.5) is 5.82 Å². The van der Waals surface area contributed by atoms with Crippen LogP contribution in [-0.4, -0.2) is 16.1 Å². The van der Waals surface area contributed by atoms with Gasteiger partial charge in [0.25, 0.3) is 0 Å². The lowest BCUT2D eigenvalue weighted by Crippen LogP contribution is -2.26. The summed E-state index contributed by atoms with van der Waals surface area (Å²) >= 11 is 0. The van der Waals surface area contributed by atoms with E-state index in [1.807, 2.05) is 6.92 Å². The molecule has 3 N–H and O–H groups in total. The Morgan fingerprint density at radius 1 is 1.53 bits per heavy atom. The molecule has 5 nitrogen and oxygen atoms in total. The van der Waals surface area contributed by atoms with Crippen LogP contribution in [0.25, 0.3) is 0 Å². The summed E-state index contributed by atoms with van der Waals surface area (Å²) in [4.78, 5) is 8.20. The van der Waals surface area contributed by atoms with E-state index < -0.39 is 0 Å². The van der Waals surface area contributed by atoms with Crippen LogP contribution in [0, 0.1) is 0 Å². The van der Waals surface area contributed by atoms with Gasteiger partial charge < -0.3 is 10.2 Å². The van der Waals surface area contributed by atoms with Crippen LogP contribution in [-0.2, 0) is 6.42 Å². The lowest BCUT2D eigenvalue weighted by Gasteiger charge is -2.26. The second kappa shape index (κ2) is 4.44. The Labute approximate surface area is 89.0 Å². The Hall–Kier alpha value is -1.36. The second-order valence-electron chi connectivity index (χ2n) is 3.67. The van der Waals surface area contributed by atoms with Crippen molar-refractivity contribution in [1.82, 2.24) is 9.97 Å². The molecule has 0 atom stereocenters. The van der Waals surface area contributed by atoms with Gasteiger partial charge in [-0.15, -0.1) is 0 Å². The first-order valence-electron chi connectivity index (χ1n) is 5.32. The molecule has 5 heteroatoms. The fourth-order valence-electron chi connectivity index (χ4n) is 1.59. The van der Waals surface area contributed by atoms with Crippen LogP contribution >= 0.6 is 0 Å². The number of nitrogens with zero attached hydrogens (tertiary/aromatic N) is 2. The van der Waals surface area contributed by atoms with Gasteiger partial charge in [-0.1, -0.05) is 6.92 Å². The van der Waals surface area contributed by atoms with Crippen molar-refractivity contribution in [2.75, 3.05) is 5.43 Å². The minimum Gasteiger partial charge on any atom is -0.474 e. The maximum absolute atomic E-state index is 5.77. The van der Waals surface area contributed by atoms with Gasteiger partial charge >= 0.3 is 0 Å². The number of hydrazine groups is 1. The smallest absolute Gasteiger partial charge is 0.222 e. The van der Waals surface area contributed by atoms with Crippen molar-refractivity contribution < 1.29 is 4.74 Å². The molecular formula is C10H16N4O. The van der Waals surface area contributed by atoms with E-state index in [1.54, 1.807) is 0 Å². The molecular weight excluding hydrogens is 192 g/mol. The summed E-state index contributed by atoms with van der Waals surface area (Å²) < 4.78 is 5.77. The number of nitrogens with one attached hydrogen (secondary N) is 1. The van der Waals surface area contributed by atoms with E-state index in [9.17, 15) is 0 Å². The van der Waals surface area contributed by atoms with Gasteiger partial charge in [-0.3, -0.25) is 0 Å². The molecule has 0 amide bonds. The molecule has 0 aliphatic heterocycles. The summed E-state index contributed by atoms with van der Waals surface area (Å²) in [6.07, 6.45) is 6.11. The molecule has 15 heavy (non-hydrogen) atoms. The summed E-state index contributed by atoms with van der Waals surface area (Å²) in [5.74, 6) is 6.70. The first kappa shape index (κ1) is 10.2. The number of rotatable bonds is 4. The zero-order valence-corrected chi connectivity index (χ0v) is 8.86. The SMILES string of the molecule is CCc1c(NN)ncnc1OC1CCC1. The van der Waals surface area contributed by atoms with Gasteiger partial charge in [-0.25, -0.2) is 15.8 Å². The highest BCUT2D eigenvalue weighted by Gasteiger charge is 2.21. The van der Waals surface area contributed by atoms with Crippen LogP contribution in [0.3, 0.4) is 0 Å². The molecule has 1 aromatic heterocycles. The van der Waals surface area contributed by atoms with Crippen molar-refractivity contribution >= 4 is 5.82 Å². The van der Waals surface area contributed by atoms with Crippen molar-refractivity contribution in [3.8, 4) is 5.88 Å². The van der Waals surface area contributed by atoms with E-state index in [0.29, 0.717) is 17.8 Å². The summed E-state index contributed by atoms with van der Waals surface area (Å²) in [5, 5.41) is 0. The molecule has 0 bridgehead atoms. The van der Waals surface area contributed by atoms with Gasteiger partial charge in [0.15, 0.2) is 0 Å².